The molecule has 1 rings (SSSR count). The maximum absolute atomic E-state index is 12.5. The van der Waals surface area contributed by atoms with Gasteiger partial charge in [0.15, 0.2) is 0 Å². The van der Waals surface area contributed by atoms with E-state index in [1.54, 1.807) is 6.08 Å². The van der Waals surface area contributed by atoms with E-state index in [9.17, 15) is 4.39 Å². The Labute approximate surface area is 49.4 Å². The van der Waals surface area contributed by atoms with Crippen LogP contribution in [-0.4, -0.2) is 6.17 Å². The maximum atomic E-state index is 12.5. The van der Waals surface area contributed by atoms with Crippen molar-refractivity contribution in [3.63, 3.8) is 0 Å². The van der Waals surface area contributed by atoms with Gasteiger partial charge in [0.05, 0.1) is 0 Å². The molecule has 2 atom stereocenters. The van der Waals surface area contributed by atoms with Gasteiger partial charge >= 0.3 is 0 Å². The second kappa shape index (κ2) is 1.88. The molecule has 0 aliphatic heterocycles. The number of hydrogen-bond donors (Lipinski definition) is 0. The van der Waals surface area contributed by atoms with Crippen LogP contribution < -0.4 is 0 Å². The molecule has 0 amide bonds. The summed E-state index contributed by atoms with van der Waals surface area (Å²) in [7, 11) is 0. The standard InChI is InChI=1S/C7H11F/c1-5-3-6(2)7(8)4-5/h4,6-7H,3H2,1-2H3/t6-,7-/m0/s1. The Hall–Kier alpha value is -0.330. The van der Waals surface area contributed by atoms with E-state index in [1.807, 2.05) is 13.8 Å². The van der Waals surface area contributed by atoms with Gasteiger partial charge in [0.25, 0.3) is 0 Å². The molecule has 0 aromatic heterocycles. The molecule has 0 radical (unpaired) electrons. The first-order valence-electron chi connectivity index (χ1n) is 3.01. The molecule has 1 aliphatic rings. The summed E-state index contributed by atoms with van der Waals surface area (Å²) in [5.74, 6) is 0.231. The van der Waals surface area contributed by atoms with E-state index in [2.05, 4.69) is 0 Å². The SMILES string of the molecule is CC1=C[C@H](F)[C@@H](C)C1. The average Bonchev–Trinajstić information content (AvgIpc) is 1.85. The van der Waals surface area contributed by atoms with Crippen LogP contribution in [0.25, 0.3) is 0 Å². The molecule has 0 heterocycles. The van der Waals surface area contributed by atoms with Crippen LogP contribution in [0.2, 0.25) is 0 Å². The maximum Gasteiger partial charge on any atom is 0.121 e. The summed E-state index contributed by atoms with van der Waals surface area (Å²) in [6, 6.07) is 0. The zero-order valence-electron chi connectivity index (χ0n) is 5.32. The monoisotopic (exact) mass is 114 g/mol. The molecule has 46 valence electrons. The zero-order valence-corrected chi connectivity index (χ0v) is 5.32. The lowest BCUT2D eigenvalue weighted by atomic mass is 10.1. The third-order valence-electron chi connectivity index (χ3n) is 1.63. The van der Waals surface area contributed by atoms with Crippen molar-refractivity contribution in [2.75, 3.05) is 0 Å². The van der Waals surface area contributed by atoms with Gasteiger partial charge in [-0.3, -0.25) is 0 Å². The summed E-state index contributed by atoms with van der Waals surface area (Å²) in [4.78, 5) is 0. The van der Waals surface area contributed by atoms with E-state index in [1.165, 1.54) is 5.57 Å². The molecule has 0 aromatic rings. The Balaban J connectivity index is 2.56. The Kier molecular flexibility index (Phi) is 1.37. The van der Waals surface area contributed by atoms with Crippen LogP contribution in [-0.2, 0) is 0 Å². The smallest absolute Gasteiger partial charge is 0.121 e. The summed E-state index contributed by atoms with van der Waals surface area (Å²) >= 11 is 0. The molecule has 0 aromatic carbocycles. The molecule has 0 bridgehead atoms. The van der Waals surface area contributed by atoms with Crippen LogP contribution in [0.15, 0.2) is 11.6 Å². The molecule has 0 unspecified atom stereocenters. The minimum absolute atomic E-state index is 0.231. The largest absolute Gasteiger partial charge is 0.243 e. The van der Waals surface area contributed by atoms with Crippen LogP contribution >= 0.6 is 0 Å². The highest BCUT2D eigenvalue weighted by atomic mass is 19.1. The molecule has 1 aliphatic carbocycles. The minimum Gasteiger partial charge on any atom is -0.243 e. The molecule has 0 saturated heterocycles. The predicted octanol–water partition coefficient (Wildman–Crippen LogP) is 2.31. The minimum atomic E-state index is -0.671. The molecule has 8 heavy (non-hydrogen) atoms. The van der Waals surface area contributed by atoms with Gasteiger partial charge in [-0.05, 0) is 19.3 Å². The van der Waals surface area contributed by atoms with E-state index in [4.69, 9.17) is 0 Å². The fourth-order valence-electron chi connectivity index (χ4n) is 1.12. The van der Waals surface area contributed by atoms with Crippen molar-refractivity contribution in [1.29, 1.82) is 0 Å². The predicted molar refractivity (Wildman–Crippen MR) is 32.4 cm³/mol. The number of hydrogen-bond acceptors (Lipinski definition) is 0. The van der Waals surface area contributed by atoms with Gasteiger partial charge in [-0.1, -0.05) is 18.6 Å². The highest BCUT2D eigenvalue weighted by molar-refractivity contribution is 5.11. The van der Waals surface area contributed by atoms with Crippen LogP contribution in [0, 0.1) is 5.92 Å². The molecule has 0 fully saturated rings. The van der Waals surface area contributed by atoms with E-state index >= 15 is 0 Å². The number of alkyl halides is 1. The molecule has 0 spiro atoms. The number of halogens is 1. The highest BCUT2D eigenvalue weighted by Gasteiger charge is 2.19. The van der Waals surface area contributed by atoms with Gasteiger partial charge in [-0.25, -0.2) is 4.39 Å². The quantitative estimate of drug-likeness (QED) is 0.424. The van der Waals surface area contributed by atoms with Gasteiger partial charge in [0.1, 0.15) is 6.17 Å². The van der Waals surface area contributed by atoms with Crippen LogP contribution in [0.5, 0.6) is 0 Å². The van der Waals surface area contributed by atoms with Crippen LogP contribution in [0.4, 0.5) is 4.39 Å². The van der Waals surface area contributed by atoms with Crippen LogP contribution in [0.1, 0.15) is 20.3 Å². The molecule has 1 heteroatoms. The first kappa shape index (κ1) is 5.80. The molecular weight excluding hydrogens is 103 g/mol. The second-order valence-electron chi connectivity index (χ2n) is 2.64. The number of allylic oxidation sites excluding steroid dienone is 2. The highest BCUT2D eigenvalue weighted by Crippen LogP contribution is 2.26. The first-order chi connectivity index (χ1) is 3.70. The molecular formula is C7H11F. The second-order valence-corrected chi connectivity index (χ2v) is 2.64. The average molecular weight is 114 g/mol. The van der Waals surface area contributed by atoms with Crippen molar-refractivity contribution < 1.29 is 4.39 Å². The van der Waals surface area contributed by atoms with E-state index < -0.39 is 6.17 Å². The fraction of sp³-hybridized carbons (Fsp3) is 0.714. The molecule has 0 N–H and O–H groups in total. The van der Waals surface area contributed by atoms with Crippen molar-refractivity contribution in [3.05, 3.63) is 11.6 Å². The van der Waals surface area contributed by atoms with Gasteiger partial charge < -0.3 is 0 Å². The van der Waals surface area contributed by atoms with Gasteiger partial charge in [0.2, 0.25) is 0 Å². The summed E-state index contributed by atoms with van der Waals surface area (Å²) in [6.07, 6.45) is 1.99. The summed E-state index contributed by atoms with van der Waals surface area (Å²) < 4.78 is 12.5. The Bertz CT molecular complexity index is 116. The van der Waals surface area contributed by atoms with Gasteiger partial charge in [0, 0.05) is 0 Å². The number of rotatable bonds is 0. The van der Waals surface area contributed by atoms with Gasteiger partial charge in [-0.2, -0.15) is 0 Å². The lowest BCUT2D eigenvalue weighted by molar-refractivity contribution is 0.315. The topological polar surface area (TPSA) is 0 Å². The van der Waals surface area contributed by atoms with Gasteiger partial charge in [-0.15, -0.1) is 0 Å². The van der Waals surface area contributed by atoms with Crippen molar-refractivity contribution in [1.82, 2.24) is 0 Å². The zero-order chi connectivity index (χ0) is 6.15. The normalized spacial score (nSPS) is 37.6. The molecule has 0 nitrogen and oxygen atoms in total. The summed E-state index contributed by atoms with van der Waals surface area (Å²) in [5.41, 5.74) is 1.20. The van der Waals surface area contributed by atoms with Crippen LogP contribution in [0.3, 0.4) is 0 Å². The lowest BCUT2D eigenvalue weighted by Gasteiger charge is -2.01. The van der Waals surface area contributed by atoms with E-state index in [-0.39, 0.29) is 5.92 Å². The fourth-order valence-corrected chi connectivity index (χ4v) is 1.12. The summed E-state index contributed by atoms with van der Waals surface area (Å²) in [6.45, 7) is 3.92. The lowest BCUT2D eigenvalue weighted by Crippen LogP contribution is -2.01. The first-order valence-corrected chi connectivity index (χ1v) is 3.01. The van der Waals surface area contributed by atoms with Crippen molar-refractivity contribution >= 4 is 0 Å². The summed E-state index contributed by atoms with van der Waals surface area (Å²) in [5, 5.41) is 0. The van der Waals surface area contributed by atoms with E-state index in [0.717, 1.165) is 6.42 Å². The Morgan fingerprint density at radius 1 is 1.75 bits per heavy atom. The van der Waals surface area contributed by atoms with Crippen molar-refractivity contribution in [3.8, 4) is 0 Å². The Morgan fingerprint density at radius 2 is 2.38 bits per heavy atom. The third-order valence-corrected chi connectivity index (χ3v) is 1.63. The Morgan fingerprint density at radius 3 is 2.50 bits per heavy atom. The van der Waals surface area contributed by atoms with Crippen molar-refractivity contribution in [2.45, 2.75) is 26.4 Å². The van der Waals surface area contributed by atoms with E-state index in [0.29, 0.717) is 0 Å². The van der Waals surface area contributed by atoms with Crippen molar-refractivity contribution in [2.24, 2.45) is 5.92 Å². The third kappa shape index (κ3) is 0.908. The molecule has 0 saturated carbocycles.